The molecule has 1 aromatic heterocycles. The first-order valence-electron chi connectivity index (χ1n) is 5.04. The van der Waals surface area contributed by atoms with Crippen molar-refractivity contribution >= 4 is 17.3 Å². The molecule has 0 saturated carbocycles. The van der Waals surface area contributed by atoms with E-state index in [-0.39, 0.29) is 5.41 Å². The minimum atomic E-state index is 0.270. The number of anilines is 1. The van der Waals surface area contributed by atoms with Gasteiger partial charge in [0.1, 0.15) is 5.15 Å². The molecule has 0 aliphatic carbocycles. The lowest BCUT2D eigenvalue weighted by Gasteiger charge is -2.38. The molecule has 0 aromatic carbocycles. The normalized spacial score (nSPS) is 18.3. The van der Waals surface area contributed by atoms with Crippen LogP contribution in [0.4, 0.5) is 5.69 Å². The second-order valence-corrected chi connectivity index (χ2v) is 4.81. The molecule has 1 N–H and O–H groups in total. The molecule has 0 unspecified atom stereocenters. The summed E-state index contributed by atoms with van der Waals surface area (Å²) in [5.41, 5.74) is 2.25. The summed E-state index contributed by atoms with van der Waals surface area (Å²) in [5, 5.41) is 3.92. The first kappa shape index (κ1) is 10.7. The molecule has 3 nitrogen and oxygen atoms in total. The molecule has 2 heterocycles. The highest BCUT2D eigenvalue weighted by Crippen LogP contribution is 2.27. The van der Waals surface area contributed by atoms with Crippen molar-refractivity contribution in [1.82, 2.24) is 4.98 Å². The van der Waals surface area contributed by atoms with Crippen LogP contribution in [0.2, 0.25) is 5.15 Å². The molecular formula is C11H15ClN2O. The molecule has 0 spiro atoms. The van der Waals surface area contributed by atoms with E-state index in [0.717, 1.165) is 31.1 Å². The lowest BCUT2D eigenvalue weighted by Crippen LogP contribution is -2.45. The van der Waals surface area contributed by atoms with Gasteiger partial charge in [-0.05, 0) is 19.1 Å². The van der Waals surface area contributed by atoms with Gasteiger partial charge < -0.3 is 10.1 Å². The largest absolute Gasteiger partial charge is 0.383 e. The van der Waals surface area contributed by atoms with Gasteiger partial charge in [-0.2, -0.15) is 0 Å². The maximum atomic E-state index is 5.79. The van der Waals surface area contributed by atoms with E-state index >= 15 is 0 Å². The van der Waals surface area contributed by atoms with Crippen LogP contribution >= 0.6 is 11.6 Å². The summed E-state index contributed by atoms with van der Waals surface area (Å²) in [4.78, 5) is 4.19. The highest BCUT2D eigenvalue weighted by atomic mass is 35.5. The molecule has 0 radical (unpaired) electrons. The Morgan fingerprint density at radius 3 is 2.80 bits per heavy atom. The Morgan fingerprint density at radius 2 is 2.27 bits per heavy atom. The summed E-state index contributed by atoms with van der Waals surface area (Å²) < 4.78 is 5.20. The summed E-state index contributed by atoms with van der Waals surface area (Å²) in [6.07, 6.45) is 0. The van der Waals surface area contributed by atoms with Crippen LogP contribution in [0.25, 0.3) is 0 Å². The predicted molar refractivity (Wildman–Crippen MR) is 61.4 cm³/mol. The fourth-order valence-corrected chi connectivity index (χ4v) is 1.77. The number of aromatic nitrogens is 1. The van der Waals surface area contributed by atoms with Gasteiger partial charge in [0.25, 0.3) is 0 Å². The molecular weight excluding hydrogens is 212 g/mol. The van der Waals surface area contributed by atoms with E-state index in [1.165, 1.54) is 0 Å². The van der Waals surface area contributed by atoms with Crippen molar-refractivity contribution in [2.24, 2.45) is 5.41 Å². The molecule has 4 heteroatoms. The molecule has 0 bridgehead atoms. The van der Waals surface area contributed by atoms with Crippen LogP contribution < -0.4 is 5.32 Å². The second-order valence-electron chi connectivity index (χ2n) is 4.42. The van der Waals surface area contributed by atoms with E-state index < -0.39 is 0 Å². The van der Waals surface area contributed by atoms with Crippen molar-refractivity contribution in [3.05, 3.63) is 23.0 Å². The van der Waals surface area contributed by atoms with Gasteiger partial charge in [-0.3, -0.25) is 0 Å². The highest BCUT2D eigenvalue weighted by Gasteiger charge is 2.33. The quantitative estimate of drug-likeness (QED) is 0.805. The molecule has 0 amide bonds. The SMILES string of the molecule is Cc1nc(Cl)ccc1NCC1(C)COC1. The topological polar surface area (TPSA) is 34.2 Å². The Hall–Kier alpha value is -0.800. The number of aryl methyl sites for hydroxylation is 1. The third kappa shape index (κ3) is 2.41. The number of nitrogens with one attached hydrogen (secondary N) is 1. The molecule has 2 rings (SSSR count). The number of halogens is 1. The number of hydrogen-bond acceptors (Lipinski definition) is 3. The van der Waals surface area contributed by atoms with Crippen molar-refractivity contribution in [2.45, 2.75) is 13.8 Å². The van der Waals surface area contributed by atoms with E-state index in [2.05, 4.69) is 17.2 Å². The average Bonchev–Trinajstić information content (AvgIpc) is 2.14. The summed E-state index contributed by atoms with van der Waals surface area (Å²) >= 11 is 5.79. The summed E-state index contributed by atoms with van der Waals surface area (Å²) in [5.74, 6) is 0. The molecule has 1 aromatic rings. The van der Waals surface area contributed by atoms with E-state index in [1.807, 2.05) is 13.0 Å². The van der Waals surface area contributed by atoms with E-state index in [4.69, 9.17) is 16.3 Å². The Balaban J connectivity index is 1.98. The smallest absolute Gasteiger partial charge is 0.129 e. The Labute approximate surface area is 94.8 Å². The first-order valence-corrected chi connectivity index (χ1v) is 5.42. The van der Waals surface area contributed by atoms with Crippen LogP contribution in [-0.2, 0) is 4.74 Å². The van der Waals surface area contributed by atoms with Crippen molar-refractivity contribution in [1.29, 1.82) is 0 Å². The number of pyridine rings is 1. The summed E-state index contributed by atoms with van der Waals surface area (Å²) in [7, 11) is 0. The summed E-state index contributed by atoms with van der Waals surface area (Å²) in [6.45, 7) is 6.74. The lowest BCUT2D eigenvalue weighted by molar-refractivity contribution is -0.0924. The molecule has 1 saturated heterocycles. The number of rotatable bonds is 3. The highest BCUT2D eigenvalue weighted by molar-refractivity contribution is 6.29. The van der Waals surface area contributed by atoms with E-state index in [9.17, 15) is 0 Å². The minimum Gasteiger partial charge on any atom is -0.383 e. The van der Waals surface area contributed by atoms with E-state index in [0.29, 0.717) is 5.15 Å². The molecule has 15 heavy (non-hydrogen) atoms. The fraction of sp³-hybridized carbons (Fsp3) is 0.545. The maximum absolute atomic E-state index is 5.79. The number of nitrogens with zero attached hydrogens (tertiary/aromatic N) is 1. The van der Waals surface area contributed by atoms with Gasteiger partial charge in [0.15, 0.2) is 0 Å². The third-order valence-electron chi connectivity index (χ3n) is 2.66. The van der Waals surface area contributed by atoms with Crippen molar-refractivity contribution in [3.63, 3.8) is 0 Å². The van der Waals surface area contributed by atoms with Crippen LogP contribution in [0, 0.1) is 12.3 Å². The number of ether oxygens (including phenoxy) is 1. The van der Waals surface area contributed by atoms with Crippen molar-refractivity contribution in [2.75, 3.05) is 25.1 Å². The zero-order chi connectivity index (χ0) is 10.9. The van der Waals surface area contributed by atoms with Gasteiger partial charge in [0, 0.05) is 12.0 Å². The Bertz CT molecular complexity index is 364. The van der Waals surface area contributed by atoms with Gasteiger partial charge in [0.05, 0.1) is 24.6 Å². The summed E-state index contributed by atoms with van der Waals surface area (Å²) in [6, 6.07) is 3.77. The molecule has 1 fully saturated rings. The third-order valence-corrected chi connectivity index (χ3v) is 2.87. The second kappa shape index (κ2) is 3.99. The van der Waals surface area contributed by atoms with Crippen LogP contribution in [-0.4, -0.2) is 24.7 Å². The lowest BCUT2D eigenvalue weighted by atomic mass is 9.88. The van der Waals surface area contributed by atoms with E-state index in [1.54, 1.807) is 6.07 Å². The van der Waals surface area contributed by atoms with Gasteiger partial charge in [0.2, 0.25) is 0 Å². The van der Waals surface area contributed by atoms with Gasteiger partial charge in [-0.15, -0.1) is 0 Å². The Morgan fingerprint density at radius 1 is 1.53 bits per heavy atom. The van der Waals surface area contributed by atoms with Gasteiger partial charge in [-0.25, -0.2) is 4.98 Å². The van der Waals surface area contributed by atoms with Crippen molar-refractivity contribution in [3.8, 4) is 0 Å². The van der Waals surface area contributed by atoms with Gasteiger partial charge >= 0.3 is 0 Å². The maximum Gasteiger partial charge on any atom is 0.129 e. The predicted octanol–water partition coefficient (Wildman–Crippen LogP) is 2.49. The van der Waals surface area contributed by atoms with Gasteiger partial charge in [-0.1, -0.05) is 18.5 Å². The molecule has 82 valence electrons. The van der Waals surface area contributed by atoms with Crippen LogP contribution in [0.5, 0.6) is 0 Å². The molecule has 1 aliphatic heterocycles. The molecule has 0 atom stereocenters. The van der Waals surface area contributed by atoms with Crippen LogP contribution in [0.1, 0.15) is 12.6 Å². The van der Waals surface area contributed by atoms with Crippen LogP contribution in [0.3, 0.4) is 0 Å². The number of hydrogen-bond donors (Lipinski definition) is 1. The zero-order valence-electron chi connectivity index (χ0n) is 9.01. The monoisotopic (exact) mass is 226 g/mol. The first-order chi connectivity index (χ1) is 7.09. The Kier molecular flexibility index (Phi) is 2.85. The fourth-order valence-electron chi connectivity index (χ4n) is 1.58. The zero-order valence-corrected chi connectivity index (χ0v) is 9.77. The van der Waals surface area contributed by atoms with Crippen molar-refractivity contribution < 1.29 is 4.74 Å². The minimum absolute atomic E-state index is 0.270. The standard InChI is InChI=1S/C11H15ClN2O/c1-8-9(3-4-10(12)14-8)13-5-11(2)6-15-7-11/h3-4,13H,5-7H2,1-2H3. The van der Waals surface area contributed by atoms with Crippen LogP contribution in [0.15, 0.2) is 12.1 Å². The molecule has 1 aliphatic rings. The average molecular weight is 227 g/mol.